The number of anilines is 2. The summed E-state index contributed by atoms with van der Waals surface area (Å²) in [5, 5.41) is 5.22. The maximum atomic E-state index is 2.46. The molecule has 4 aromatic rings. The Morgan fingerprint density at radius 3 is 1.96 bits per heavy atom. The van der Waals surface area contributed by atoms with Crippen LogP contribution in [-0.4, -0.2) is 6.04 Å². The largest absolute Gasteiger partial charge is 0.338 e. The molecule has 0 aliphatic carbocycles. The first-order valence-electron chi connectivity index (χ1n) is 8.92. The van der Waals surface area contributed by atoms with Gasteiger partial charge in [0.25, 0.3) is 0 Å². The Hall–Kier alpha value is -2.80. The van der Waals surface area contributed by atoms with E-state index in [0.29, 0.717) is 6.04 Å². The average Bonchev–Trinajstić information content (AvgIpc) is 2.63. The fourth-order valence-corrected chi connectivity index (χ4v) is 3.75. The zero-order valence-electron chi connectivity index (χ0n) is 15.0. The van der Waals surface area contributed by atoms with Crippen molar-refractivity contribution in [3.63, 3.8) is 0 Å². The second-order valence-corrected chi connectivity index (χ2v) is 6.91. The van der Waals surface area contributed by atoms with Gasteiger partial charge < -0.3 is 4.90 Å². The first kappa shape index (κ1) is 15.7. The molecule has 25 heavy (non-hydrogen) atoms. The summed E-state index contributed by atoms with van der Waals surface area (Å²) in [5.41, 5.74) is 3.85. The molecule has 0 aromatic heterocycles. The Balaban J connectivity index is 2.08. The molecule has 0 bridgehead atoms. The van der Waals surface area contributed by atoms with Crippen LogP contribution in [0.15, 0.2) is 78.9 Å². The smallest absolute Gasteiger partial charge is 0.0499 e. The van der Waals surface area contributed by atoms with Crippen LogP contribution in [0, 0.1) is 6.92 Å². The molecule has 0 radical (unpaired) electrons. The van der Waals surface area contributed by atoms with Crippen molar-refractivity contribution in [2.24, 2.45) is 0 Å². The van der Waals surface area contributed by atoms with Gasteiger partial charge in [-0.2, -0.15) is 0 Å². The van der Waals surface area contributed by atoms with Gasteiger partial charge in [-0.05, 0) is 54.6 Å². The Labute approximate surface area is 149 Å². The van der Waals surface area contributed by atoms with E-state index >= 15 is 0 Å². The van der Waals surface area contributed by atoms with Crippen molar-refractivity contribution in [1.82, 2.24) is 0 Å². The van der Waals surface area contributed by atoms with Crippen LogP contribution >= 0.6 is 0 Å². The molecule has 0 aliphatic heterocycles. The highest BCUT2D eigenvalue weighted by molar-refractivity contribution is 6.13. The summed E-state index contributed by atoms with van der Waals surface area (Å²) in [6.07, 6.45) is 0. The molecule has 124 valence electrons. The number of aryl methyl sites for hydroxylation is 1. The summed E-state index contributed by atoms with van der Waals surface area (Å²) in [4.78, 5) is 2.46. The van der Waals surface area contributed by atoms with Crippen LogP contribution in [-0.2, 0) is 0 Å². The topological polar surface area (TPSA) is 3.24 Å². The molecule has 0 fully saturated rings. The summed E-state index contributed by atoms with van der Waals surface area (Å²) in [5.74, 6) is 0. The standard InChI is InChI=1S/C24H23N/c1-17(2)25(23-15-9-4-10-18(23)3)24-16-19-11-5-6-12-20(19)21-13-7-8-14-22(21)24/h4-17H,1-3H3. The van der Waals surface area contributed by atoms with E-state index in [-0.39, 0.29) is 0 Å². The van der Waals surface area contributed by atoms with Crippen molar-refractivity contribution in [2.45, 2.75) is 26.8 Å². The second kappa shape index (κ2) is 6.25. The van der Waals surface area contributed by atoms with E-state index in [1.54, 1.807) is 0 Å². The highest BCUT2D eigenvalue weighted by atomic mass is 15.2. The molecule has 0 amide bonds. The van der Waals surface area contributed by atoms with E-state index in [4.69, 9.17) is 0 Å². The van der Waals surface area contributed by atoms with Gasteiger partial charge in [-0.1, -0.05) is 66.7 Å². The molecular formula is C24H23N. The average molecular weight is 325 g/mol. The Kier molecular flexibility index (Phi) is 3.93. The fraction of sp³-hybridized carbons (Fsp3) is 0.167. The molecule has 0 atom stereocenters. The molecule has 1 heteroatoms. The molecular weight excluding hydrogens is 302 g/mol. The van der Waals surface area contributed by atoms with Gasteiger partial charge in [0.05, 0.1) is 0 Å². The molecule has 0 heterocycles. The molecule has 1 nitrogen and oxygen atoms in total. The summed E-state index contributed by atoms with van der Waals surface area (Å²) in [7, 11) is 0. The summed E-state index contributed by atoms with van der Waals surface area (Å²) >= 11 is 0. The number of fused-ring (bicyclic) bond motifs is 3. The van der Waals surface area contributed by atoms with Crippen LogP contribution in [0.25, 0.3) is 21.5 Å². The Bertz CT molecular complexity index is 1050. The Morgan fingerprint density at radius 1 is 0.640 bits per heavy atom. The van der Waals surface area contributed by atoms with E-state index in [2.05, 4.69) is 105 Å². The van der Waals surface area contributed by atoms with Crippen LogP contribution in [0.3, 0.4) is 0 Å². The normalized spacial score (nSPS) is 11.4. The zero-order valence-corrected chi connectivity index (χ0v) is 15.0. The highest BCUT2D eigenvalue weighted by Crippen LogP contribution is 2.39. The predicted octanol–water partition coefficient (Wildman–Crippen LogP) is 6.85. The quantitative estimate of drug-likeness (QED) is 0.372. The van der Waals surface area contributed by atoms with Crippen molar-refractivity contribution >= 4 is 32.9 Å². The van der Waals surface area contributed by atoms with Gasteiger partial charge in [-0.3, -0.25) is 0 Å². The third kappa shape index (κ3) is 2.66. The fourth-order valence-electron chi connectivity index (χ4n) is 3.75. The number of para-hydroxylation sites is 1. The summed E-state index contributed by atoms with van der Waals surface area (Å²) in [6.45, 7) is 6.71. The number of nitrogens with zero attached hydrogens (tertiary/aromatic N) is 1. The maximum absolute atomic E-state index is 2.46. The number of hydrogen-bond acceptors (Lipinski definition) is 1. The Morgan fingerprint density at radius 2 is 1.24 bits per heavy atom. The van der Waals surface area contributed by atoms with Crippen molar-refractivity contribution in [2.75, 3.05) is 4.90 Å². The van der Waals surface area contributed by atoms with Crippen LogP contribution in [0.5, 0.6) is 0 Å². The SMILES string of the molecule is Cc1ccccc1N(c1cc2ccccc2c2ccccc12)C(C)C. The van der Waals surface area contributed by atoms with Crippen molar-refractivity contribution in [3.8, 4) is 0 Å². The zero-order chi connectivity index (χ0) is 17.4. The molecule has 4 rings (SSSR count). The first-order chi connectivity index (χ1) is 12.2. The minimum atomic E-state index is 0.366. The van der Waals surface area contributed by atoms with Crippen molar-refractivity contribution in [3.05, 3.63) is 84.4 Å². The first-order valence-corrected chi connectivity index (χ1v) is 8.92. The molecule has 0 saturated heterocycles. The molecule has 0 N–H and O–H groups in total. The van der Waals surface area contributed by atoms with Gasteiger partial charge in [-0.25, -0.2) is 0 Å². The van der Waals surface area contributed by atoms with E-state index in [9.17, 15) is 0 Å². The van der Waals surface area contributed by atoms with Crippen LogP contribution < -0.4 is 4.90 Å². The predicted molar refractivity (Wildman–Crippen MR) is 110 cm³/mol. The van der Waals surface area contributed by atoms with E-state index in [1.807, 2.05) is 0 Å². The van der Waals surface area contributed by atoms with Gasteiger partial charge >= 0.3 is 0 Å². The number of rotatable bonds is 3. The lowest BCUT2D eigenvalue weighted by molar-refractivity contribution is 0.789. The van der Waals surface area contributed by atoms with Crippen molar-refractivity contribution < 1.29 is 0 Å². The van der Waals surface area contributed by atoms with Gasteiger partial charge in [-0.15, -0.1) is 0 Å². The van der Waals surface area contributed by atoms with E-state index in [1.165, 1.54) is 38.5 Å². The molecule has 0 saturated carbocycles. The second-order valence-electron chi connectivity index (χ2n) is 6.91. The van der Waals surface area contributed by atoms with Gasteiger partial charge in [0.2, 0.25) is 0 Å². The molecule has 4 aromatic carbocycles. The van der Waals surface area contributed by atoms with E-state index < -0.39 is 0 Å². The molecule has 0 aliphatic rings. The van der Waals surface area contributed by atoms with Crippen LogP contribution in [0.1, 0.15) is 19.4 Å². The van der Waals surface area contributed by atoms with Crippen molar-refractivity contribution in [1.29, 1.82) is 0 Å². The van der Waals surface area contributed by atoms with E-state index in [0.717, 1.165) is 0 Å². The van der Waals surface area contributed by atoms with Gasteiger partial charge in [0, 0.05) is 22.8 Å². The lowest BCUT2D eigenvalue weighted by Gasteiger charge is -2.32. The van der Waals surface area contributed by atoms with Gasteiger partial charge in [0.15, 0.2) is 0 Å². The summed E-state index contributed by atoms with van der Waals surface area (Å²) < 4.78 is 0. The minimum Gasteiger partial charge on any atom is -0.338 e. The van der Waals surface area contributed by atoms with Gasteiger partial charge in [0.1, 0.15) is 0 Å². The number of benzene rings is 4. The van der Waals surface area contributed by atoms with Crippen LogP contribution in [0.4, 0.5) is 11.4 Å². The third-order valence-electron chi connectivity index (χ3n) is 4.90. The highest BCUT2D eigenvalue weighted by Gasteiger charge is 2.18. The third-order valence-corrected chi connectivity index (χ3v) is 4.90. The maximum Gasteiger partial charge on any atom is 0.0499 e. The lowest BCUT2D eigenvalue weighted by Crippen LogP contribution is -2.26. The molecule has 0 spiro atoms. The summed E-state index contributed by atoms with van der Waals surface area (Å²) in [6, 6.07) is 28.8. The van der Waals surface area contributed by atoms with Crippen LogP contribution in [0.2, 0.25) is 0 Å². The lowest BCUT2D eigenvalue weighted by atomic mass is 9.98. The minimum absolute atomic E-state index is 0.366. The number of hydrogen-bond donors (Lipinski definition) is 0. The monoisotopic (exact) mass is 325 g/mol. The molecule has 0 unspecified atom stereocenters.